The number of carbonyl (C=O) groups excluding carboxylic acids is 1. The Morgan fingerprint density at radius 2 is 1.67 bits per heavy atom. The molecule has 6 heteroatoms. The molecule has 0 amide bonds. The highest BCUT2D eigenvalue weighted by Crippen LogP contribution is 2.42. The largest absolute Gasteiger partial charge is 0.489 e. The second-order valence-electron chi connectivity index (χ2n) is 6.78. The normalized spacial score (nSPS) is 17.3. The summed E-state index contributed by atoms with van der Waals surface area (Å²) in [5, 5.41) is 0. The lowest BCUT2D eigenvalue weighted by molar-refractivity contribution is 0.0886. The Hall–Kier alpha value is -2.47. The van der Waals surface area contributed by atoms with E-state index < -0.39 is 10.5 Å². The van der Waals surface area contributed by atoms with E-state index in [1.165, 1.54) is 11.1 Å². The van der Waals surface area contributed by atoms with E-state index in [0.717, 1.165) is 36.1 Å². The van der Waals surface area contributed by atoms with Crippen LogP contribution in [0.3, 0.4) is 0 Å². The molecule has 2 aromatic carbocycles. The minimum absolute atomic E-state index is 0.0412. The Kier molecular flexibility index (Phi) is 7.30. The van der Waals surface area contributed by atoms with Gasteiger partial charge >= 0.3 is 10.5 Å². The molecule has 3 rings (SSSR count). The minimum Gasteiger partial charge on any atom is -0.489 e. The van der Waals surface area contributed by atoms with E-state index in [4.69, 9.17) is 17.9 Å². The van der Waals surface area contributed by atoms with Gasteiger partial charge in [0.25, 0.3) is 0 Å². The third kappa shape index (κ3) is 5.50. The number of ether oxygens (including phenoxy) is 1. The number of carbonyl (C=O) groups is 1. The zero-order valence-corrected chi connectivity index (χ0v) is 16.7. The van der Waals surface area contributed by atoms with Crippen molar-refractivity contribution in [1.82, 2.24) is 0 Å². The maximum atomic E-state index is 13.1. The summed E-state index contributed by atoms with van der Waals surface area (Å²) in [5.74, 6) is 0.872. The lowest BCUT2D eigenvalue weighted by Crippen LogP contribution is -2.25. The minimum atomic E-state index is -2.61. The summed E-state index contributed by atoms with van der Waals surface area (Å²) < 4.78 is 29.0. The molecule has 5 nitrogen and oxygen atoms in total. The number of rotatable bonds is 5. The molecule has 2 unspecified atom stereocenters. The summed E-state index contributed by atoms with van der Waals surface area (Å²) in [4.78, 5) is 13.1. The number of Topliss-reactive ketones (excluding diaryl/α,β-unsaturated/α-hetero) is 1. The van der Waals surface area contributed by atoms with Crippen molar-refractivity contribution < 1.29 is 17.9 Å². The maximum Gasteiger partial charge on any atom is 0.308 e. The molecule has 0 aliphatic carbocycles. The molecule has 1 N–H and O–H groups in total. The first kappa shape index (κ1) is 20.8. The van der Waals surface area contributed by atoms with Gasteiger partial charge in [-0.15, -0.1) is 0 Å². The number of unbranched alkanes of at least 4 members (excludes halogenated alkanes) is 1. The van der Waals surface area contributed by atoms with E-state index in [9.17, 15) is 4.79 Å². The number of nitrogens with one attached hydrogen (secondary N) is 1. The van der Waals surface area contributed by atoms with Crippen molar-refractivity contribution in [3.8, 4) is 5.75 Å². The molecule has 0 radical (unpaired) electrons. The van der Waals surface area contributed by atoms with Crippen LogP contribution in [-0.2, 0) is 10.5 Å². The van der Waals surface area contributed by atoms with Crippen LogP contribution < -0.4 is 4.74 Å². The second kappa shape index (κ2) is 9.46. The highest BCUT2D eigenvalue weighted by molar-refractivity contribution is 7.60. The number of benzene rings is 2. The predicted octanol–water partition coefficient (Wildman–Crippen LogP) is 4.85. The summed E-state index contributed by atoms with van der Waals surface area (Å²) in [6, 6.07) is 14.0. The highest BCUT2D eigenvalue weighted by Gasteiger charge is 2.39. The fraction of sp³-hybridized carbons (Fsp3) is 0.381. The maximum absolute atomic E-state index is 13.1. The molecule has 0 aromatic heterocycles. The van der Waals surface area contributed by atoms with E-state index in [2.05, 4.69) is 26.0 Å². The second-order valence-corrected chi connectivity index (χ2v) is 7.25. The van der Waals surface area contributed by atoms with Gasteiger partial charge in [-0.1, -0.05) is 67.3 Å². The molecule has 0 saturated carbocycles. The smallest absolute Gasteiger partial charge is 0.308 e. The van der Waals surface area contributed by atoms with Crippen LogP contribution in [0.4, 0.5) is 0 Å². The SMILES string of the molecule is CCCCC1Oc2ccc(C)cc2C1C(=O)c1ccc(C)cc1.N=S(=O)=O. The van der Waals surface area contributed by atoms with Crippen LogP contribution in [0, 0.1) is 18.6 Å². The van der Waals surface area contributed by atoms with E-state index in [1.54, 1.807) is 0 Å². The summed E-state index contributed by atoms with van der Waals surface area (Å²) in [7, 11) is -2.61. The van der Waals surface area contributed by atoms with Crippen molar-refractivity contribution >= 4 is 16.3 Å². The van der Waals surface area contributed by atoms with Crippen molar-refractivity contribution in [1.29, 1.82) is 4.78 Å². The first-order chi connectivity index (χ1) is 12.8. The van der Waals surface area contributed by atoms with Gasteiger partial charge < -0.3 is 4.74 Å². The molecule has 144 valence electrons. The van der Waals surface area contributed by atoms with Crippen LogP contribution in [0.5, 0.6) is 5.75 Å². The summed E-state index contributed by atoms with van der Waals surface area (Å²) in [6.07, 6.45) is 3.07. The van der Waals surface area contributed by atoms with Crippen molar-refractivity contribution in [3.63, 3.8) is 0 Å². The highest BCUT2D eigenvalue weighted by atomic mass is 32.2. The number of aryl methyl sites for hydroxylation is 2. The number of hydrogen-bond donors (Lipinski definition) is 1. The van der Waals surface area contributed by atoms with Crippen LogP contribution in [0.2, 0.25) is 0 Å². The van der Waals surface area contributed by atoms with E-state index in [1.807, 2.05) is 37.3 Å². The van der Waals surface area contributed by atoms with Gasteiger partial charge in [-0.05, 0) is 26.3 Å². The van der Waals surface area contributed by atoms with Crippen LogP contribution in [-0.4, -0.2) is 20.3 Å². The van der Waals surface area contributed by atoms with Gasteiger partial charge in [0.15, 0.2) is 5.78 Å². The quantitative estimate of drug-likeness (QED) is 0.743. The van der Waals surface area contributed by atoms with Crippen molar-refractivity contribution in [2.45, 2.75) is 52.1 Å². The van der Waals surface area contributed by atoms with Gasteiger partial charge in [0.2, 0.25) is 0 Å². The first-order valence-electron chi connectivity index (χ1n) is 9.02. The Labute approximate surface area is 161 Å². The Morgan fingerprint density at radius 3 is 2.26 bits per heavy atom. The molecule has 0 saturated heterocycles. The van der Waals surface area contributed by atoms with Crippen molar-refractivity contribution in [2.75, 3.05) is 0 Å². The molecule has 0 spiro atoms. The number of hydrogen-bond acceptors (Lipinski definition) is 5. The monoisotopic (exact) mass is 387 g/mol. The number of fused-ring (bicyclic) bond motifs is 1. The molecule has 2 atom stereocenters. The van der Waals surface area contributed by atoms with Gasteiger partial charge in [0.1, 0.15) is 11.9 Å². The van der Waals surface area contributed by atoms with Crippen LogP contribution in [0.1, 0.15) is 59.2 Å². The average Bonchev–Trinajstić information content (AvgIpc) is 2.97. The van der Waals surface area contributed by atoms with Crippen molar-refractivity contribution in [2.24, 2.45) is 0 Å². The van der Waals surface area contributed by atoms with Gasteiger partial charge in [-0.25, -0.2) is 0 Å². The number of ketones is 1. The van der Waals surface area contributed by atoms with Crippen LogP contribution >= 0.6 is 0 Å². The molecule has 27 heavy (non-hydrogen) atoms. The molecule has 0 bridgehead atoms. The van der Waals surface area contributed by atoms with Crippen LogP contribution in [0.15, 0.2) is 42.5 Å². The van der Waals surface area contributed by atoms with Gasteiger partial charge in [0, 0.05) is 11.1 Å². The van der Waals surface area contributed by atoms with Gasteiger partial charge in [-0.2, -0.15) is 13.2 Å². The zero-order valence-electron chi connectivity index (χ0n) is 15.9. The lowest BCUT2D eigenvalue weighted by atomic mass is 9.85. The Morgan fingerprint density at radius 1 is 1.07 bits per heavy atom. The first-order valence-corrected chi connectivity index (χ1v) is 10.1. The molecule has 0 fully saturated rings. The fourth-order valence-corrected chi connectivity index (χ4v) is 3.29. The molecular formula is C21H25NO4S. The Bertz CT molecular complexity index is 898. The lowest BCUT2D eigenvalue weighted by Gasteiger charge is -2.18. The predicted molar refractivity (Wildman–Crippen MR) is 105 cm³/mol. The third-order valence-corrected chi connectivity index (χ3v) is 4.61. The summed E-state index contributed by atoms with van der Waals surface area (Å²) in [5.41, 5.74) is 4.17. The molecule has 1 aliphatic rings. The molecule has 1 heterocycles. The van der Waals surface area contributed by atoms with Gasteiger partial charge in [-0.3, -0.25) is 4.79 Å². The van der Waals surface area contributed by atoms with Crippen LogP contribution in [0.25, 0.3) is 0 Å². The fourth-order valence-electron chi connectivity index (χ4n) is 3.29. The van der Waals surface area contributed by atoms with E-state index in [0.29, 0.717) is 0 Å². The van der Waals surface area contributed by atoms with E-state index >= 15 is 0 Å². The standard InChI is InChI=1S/C21H24O2.HNO2S/c1-4-5-6-19-20(17-13-15(3)9-12-18(17)23-19)21(22)16-10-7-14(2)8-11-16;1-4(2)3/h7-13,19-20H,4-6H2,1-3H3;1H. The molecule has 2 aromatic rings. The summed E-state index contributed by atoms with van der Waals surface area (Å²) in [6.45, 7) is 6.27. The topological polar surface area (TPSA) is 84.3 Å². The van der Waals surface area contributed by atoms with E-state index in [-0.39, 0.29) is 17.8 Å². The molecule has 1 aliphatic heterocycles. The van der Waals surface area contributed by atoms with Crippen molar-refractivity contribution in [3.05, 3.63) is 64.7 Å². The molecular weight excluding hydrogens is 362 g/mol. The summed E-state index contributed by atoms with van der Waals surface area (Å²) >= 11 is 0. The Balaban J connectivity index is 0.000000596. The van der Waals surface area contributed by atoms with Gasteiger partial charge in [0.05, 0.1) is 5.92 Å². The third-order valence-electron chi connectivity index (χ3n) is 4.61. The zero-order chi connectivity index (χ0) is 20.0. The average molecular weight is 388 g/mol.